The second-order valence-electron chi connectivity index (χ2n) is 8.18. The van der Waals surface area contributed by atoms with E-state index in [0.717, 1.165) is 20.4 Å². The Morgan fingerprint density at radius 2 is 1.30 bits per heavy atom. The molecule has 0 aliphatic heterocycles. The number of Topliss-reactive ketones (excluding diaryl/α,β-unsaturated/α-hetero) is 1. The lowest BCUT2D eigenvalue weighted by Crippen LogP contribution is -2.36. The van der Waals surface area contributed by atoms with E-state index in [4.69, 9.17) is 16.4 Å². The first-order valence-electron chi connectivity index (χ1n) is 11.7. The van der Waals surface area contributed by atoms with E-state index >= 15 is 0 Å². The SMILES string of the molecule is CONC(CCSc1ccc(Cl)cc1)C(=O)c1ccc(Sc2ccc(C(=O)c3ccccc3)cc2)cc1. The molecule has 37 heavy (non-hydrogen) atoms. The maximum absolute atomic E-state index is 13.1. The number of carbonyl (C=O) groups is 2. The van der Waals surface area contributed by atoms with Crippen LogP contribution in [0.3, 0.4) is 0 Å². The first-order chi connectivity index (χ1) is 18.0. The molecule has 4 aromatic rings. The third-order valence-corrected chi connectivity index (χ3v) is 7.91. The fourth-order valence-corrected chi connectivity index (χ4v) is 5.53. The molecule has 188 valence electrons. The number of rotatable bonds is 12. The molecule has 0 saturated heterocycles. The molecular weight excluding hydrogens is 522 g/mol. The smallest absolute Gasteiger partial charge is 0.193 e. The Kier molecular flexibility index (Phi) is 9.99. The van der Waals surface area contributed by atoms with E-state index in [1.54, 1.807) is 23.5 Å². The Hall–Kier alpha value is -2.87. The van der Waals surface area contributed by atoms with Crippen LogP contribution in [0.15, 0.2) is 118 Å². The summed E-state index contributed by atoms with van der Waals surface area (Å²) < 4.78 is 0. The molecule has 1 unspecified atom stereocenters. The van der Waals surface area contributed by atoms with Crippen molar-refractivity contribution in [1.82, 2.24) is 5.48 Å². The van der Waals surface area contributed by atoms with Gasteiger partial charge in [-0.1, -0.05) is 65.8 Å². The molecule has 0 saturated carbocycles. The van der Waals surface area contributed by atoms with Gasteiger partial charge in [0.1, 0.15) is 0 Å². The minimum atomic E-state index is -0.446. The normalized spacial score (nSPS) is 11.7. The van der Waals surface area contributed by atoms with E-state index in [1.165, 1.54) is 7.11 Å². The second kappa shape index (κ2) is 13.6. The molecule has 4 rings (SSSR count). The molecule has 0 radical (unpaired) electrons. The van der Waals surface area contributed by atoms with Crippen molar-refractivity contribution in [2.24, 2.45) is 0 Å². The predicted octanol–water partition coefficient (Wildman–Crippen LogP) is 7.61. The molecule has 0 aliphatic rings. The Morgan fingerprint density at radius 1 is 0.757 bits per heavy atom. The molecule has 7 heteroatoms. The molecule has 4 nitrogen and oxygen atoms in total. The summed E-state index contributed by atoms with van der Waals surface area (Å²) in [5, 5.41) is 0.704. The van der Waals surface area contributed by atoms with Crippen LogP contribution in [0.5, 0.6) is 0 Å². The molecule has 4 aromatic carbocycles. The van der Waals surface area contributed by atoms with Crippen molar-refractivity contribution in [3.8, 4) is 0 Å². The van der Waals surface area contributed by atoms with Gasteiger partial charge in [0, 0.05) is 42.2 Å². The molecule has 1 atom stereocenters. The lowest BCUT2D eigenvalue weighted by atomic mass is 10.0. The summed E-state index contributed by atoms with van der Waals surface area (Å²) in [6.45, 7) is 0. The fraction of sp³-hybridized carbons (Fsp3) is 0.133. The number of carbonyl (C=O) groups excluding carboxylic acids is 2. The van der Waals surface area contributed by atoms with Gasteiger partial charge in [0.15, 0.2) is 11.6 Å². The Balaban J connectivity index is 1.34. The van der Waals surface area contributed by atoms with Gasteiger partial charge in [0.2, 0.25) is 0 Å². The van der Waals surface area contributed by atoms with Crippen molar-refractivity contribution in [1.29, 1.82) is 0 Å². The number of ketones is 2. The summed E-state index contributed by atoms with van der Waals surface area (Å²) in [4.78, 5) is 33.9. The molecule has 1 N–H and O–H groups in total. The van der Waals surface area contributed by atoms with Gasteiger partial charge in [0.25, 0.3) is 0 Å². The first kappa shape index (κ1) is 27.2. The summed E-state index contributed by atoms with van der Waals surface area (Å²) in [6, 6.07) is 31.6. The van der Waals surface area contributed by atoms with E-state index in [-0.39, 0.29) is 11.6 Å². The van der Waals surface area contributed by atoms with E-state index in [1.807, 2.05) is 103 Å². The fourth-order valence-electron chi connectivity index (χ4n) is 3.67. The molecule has 0 amide bonds. The molecule has 0 aromatic heterocycles. The van der Waals surface area contributed by atoms with Crippen LogP contribution >= 0.6 is 35.1 Å². The van der Waals surface area contributed by atoms with Crippen LogP contribution in [0.2, 0.25) is 5.02 Å². The summed E-state index contributed by atoms with van der Waals surface area (Å²) in [5.41, 5.74) is 4.79. The van der Waals surface area contributed by atoms with Crippen LogP contribution < -0.4 is 5.48 Å². The number of halogens is 1. The number of benzene rings is 4. The van der Waals surface area contributed by atoms with Crippen LogP contribution in [0.4, 0.5) is 0 Å². The minimum absolute atomic E-state index is 0.00537. The van der Waals surface area contributed by atoms with Crippen molar-refractivity contribution in [2.75, 3.05) is 12.9 Å². The van der Waals surface area contributed by atoms with Crippen LogP contribution in [-0.4, -0.2) is 30.5 Å². The van der Waals surface area contributed by atoms with E-state index in [0.29, 0.717) is 28.1 Å². The number of hydroxylamine groups is 1. The van der Waals surface area contributed by atoms with Crippen molar-refractivity contribution >= 4 is 46.7 Å². The summed E-state index contributed by atoms with van der Waals surface area (Å²) >= 11 is 9.20. The maximum Gasteiger partial charge on any atom is 0.193 e. The van der Waals surface area contributed by atoms with Crippen molar-refractivity contribution in [3.63, 3.8) is 0 Å². The molecule has 0 spiro atoms. The average Bonchev–Trinajstić information content (AvgIpc) is 2.94. The zero-order chi connectivity index (χ0) is 26.0. The van der Waals surface area contributed by atoms with Crippen molar-refractivity contribution in [2.45, 2.75) is 27.1 Å². The summed E-state index contributed by atoms with van der Waals surface area (Å²) in [5.74, 6) is 0.746. The van der Waals surface area contributed by atoms with Gasteiger partial charge in [0.05, 0.1) is 13.2 Å². The van der Waals surface area contributed by atoms with Gasteiger partial charge in [-0.2, -0.15) is 5.48 Å². The average molecular weight is 548 g/mol. The first-order valence-corrected chi connectivity index (χ1v) is 13.9. The van der Waals surface area contributed by atoms with E-state index in [2.05, 4.69) is 5.48 Å². The lowest BCUT2D eigenvalue weighted by molar-refractivity contribution is 0.0504. The van der Waals surface area contributed by atoms with Gasteiger partial charge in [-0.25, -0.2) is 0 Å². The number of thioether (sulfide) groups is 1. The van der Waals surface area contributed by atoms with Crippen molar-refractivity contribution in [3.05, 3.63) is 125 Å². The maximum atomic E-state index is 13.1. The van der Waals surface area contributed by atoms with Crippen LogP contribution in [0.1, 0.15) is 32.7 Å². The lowest BCUT2D eigenvalue weighted by Gasteiger charge is -2.16. The molecule has 0 heterocycles. The Morgan fingerprint density at radius 3 is 1.89 bits per heavy atom. The number of nitrogens with one attached hydrogen (secondary N) is 1. The largest absolute Gasteiger partial charge is 0.304 e. The highest BCUT2D eigenvalue weighted by molar-refractivity contribution is 7.99. The highest BCUT2D eigenvalue weighted by atomic mass is 35.5. The Bertz CT molecular complexity index is 1310. The quantitative estimate of drug-likeness (QED) is 0.112. The monoisotopic (exact) mass is 547 g/mol. The zero-order valence-corrected chi connectivity index (χ0v) is 22.6. The van der Waals surface area contributed by atoms with Crippen LogP contribution in [0, 0.1) is 0 Å². The highest BCUT2D eigenvalue weighted by Crippen LogP contribution is 2.29. The molecule has 0 bridgehead atoms. The topological polar surface area (TPSA) is 55.4 Å². The third kappa shape index (κ3) is 7.81. The Labute approximate surface area is 230 Å². The van der Waals surface area contributed by atoms with Gasteiger partial charge >= 0.3 is 0 Å². The van der Waals surface area contributed by atoms with Crippen LogP contribution in [0.25, 0.3) is 0 Å². The predicted molar refractivity (Wildman–Crippen MR) is 152 cm³/mol. The van der Waals surface area contributed by atoms with E-state index < -0.39 is 6.04 Å². The van der Waals surface area contributed by atoms with Crippen molar-refractivity contribution < 1.29 is 14.4 Å². The third-order valence-electron chi connectivity index (χ3n) is 5.59. The van der Waals surface area contributed by atoms with Gasteiger partial charge in [-0.3, -0.25) is 9.59 Å². The summed E-state index contributed by atoms with van der Waals surface area (Å²) in [6.07, 6.45) is 0.616. The highest BCUT2D eigenvalue weighted by Gasteiger charge is 2.20. The zero-order valence-electron chi connectivity index (χ0n) is 20.2. The minimum Gasteiger partial charge on any atom is -0.304 e. The molecule has 0 aliphatic carbocycles. The second-order valence-corrected chi connectivity index (χ2v) is 10.9. The molecular formula is C30H26ClNO3S2. The molecule has 0 fully saturated rings. The number of hydrogen-bond acceptors (Lipinski definition) is 6. The van der Waals surface area contributed by atoms with Gasteiger partial charge in [-0.15, -0.1) is 11.8 Å². The van der Waals surface area contributed by atoms with Crippen LogP contribution in [-0.2, 0) is 4.84 Å². The summed E-state index contributed by atoms with van der Waals surface area (Å²) in [7, 11) is 1.52. The van der Waals surface area contributed by atoms with Gasteiger partial charge < -0.3 is 4.84 Å². The number of hydrogen-bond donors (Lipinski definition) is 1. The standard InChI is InChI=1S/C30H26ClNO3S2/c1-35-32-28(19-20-36-25-17-11-24(31)12-18-25)30(34)23-9-15-27(16-10-23)37-26-13-7-22(8-14-26)29(33)21-5-3-2-4-6-21/h2-18,28,32H,19-20H2,1H3. The van der Waals surface area contributed by atoms with Gasteiger partial charge in [-0.05, 0) is 67.1 Å². The van der Waals surface area contributed by atoms with E-state index in [9.17, 15) is 9.59 Å².